The number of nitrogens with one attached hydrogen (secondary N) is 1. The van der Waals surface area contributed by atoms with Crippen molar-refractivity contribution in [2.75, 3.05) is 5.73 Å². The summed E-state index contributed by atoms with van der Waals surface area (Å²) in [6.07, 6.45) is 4.11. The summed E-state index contributed by atoms with van der Waals surface area (Å²) in [4.78, 5) is 17.5. The van der Waals surface area contributed by atoms with Crippen molar-refractivity contribution in [3.05, 3.63) is 34.0 Å². The lowest BCUT2D eigenvalue weighted by atomic mass is 10.3. The van der Waals surface area contributed by atoms with Crippen molar-refractivity contribution in [2.24, 2.45) is 0 Å². The highest BCUT2D eigenvalue weighted by molar-refractivity contribution is 7.09. The molecule has 0 unspecified atom stereocenters. The average molecular weight is 276 g/mol. The van der Waals surface area contributed by atoms with Gasteiger partial charge in [-0.2, -0.15) is 0 Å². The Morgan fingerprint density at radius 1 is 1.63 bits per heavy atom. The topological polar surface area (TPSA) is 72.9 Å². The monoisotopic (exact) mass is 276 g/mol. The molecule has 0 aromatic carbocycles. The van der Waals surface area contributed by atoms with Crippen molar-refractivity contribution in [3.8, 4) is 0 Å². The van der Waals surface area contributed by atoms with Crippen LogP contribution in [-0.4, -0.2) is 15.5 Å². The van der Waals surface area contributed by atoms with Crippen molar-refractivity contribution < 1.29 is 4.79 Å². The number of thiazole rings is 1. The minimum absolute atomic E-state index is 0.0728. The fraction of sp³-hybridized carbons (Fsp3) is 0.385. The second-order valence-electron chi connectivity index (χ2n) is 4.84. The largest absolute Gasteiger partial charge is 0.397 e. The number of nitrogen functional groups attached to an aromatic ring is 1. The molecule has 1 saturated carbocycles. The fourth-order valence-corrected chi connectivity index (χ4v) is 2.80. The van der Waals surface area contributed by atoms with E-state index in [2.05, 4.69) is 10.3 Å². The number of aryl methyl sites for hydroxylation is 1. The van der Waals surface area contributed by atoms with Crippen LogP contribution in [-0.2, 0) is 6.54 Å². The second kappa shape index (κ2) is 4.70. The summed E-state index contributed by atoms with van der Waals surface area (Å²) in [5.41, 5.74) is 9.86. The Labute approximate surface area is 115 Å². The molecule has 1 aliphatic carbocycles. The third kappa shape index (κ3) is 2.49. The van der Waals surface area contributed by atoms with E-state index in [0.717, 1.165) is 23.4 Å². The van der Waals surface area contributed by atoms with Crippen LogP contribution < -0.4 is 11.1 Å². The molecule has 100 valence electrons. The maximum Gasteiger partial charge on any atom is 0.268 e. The highest BCUT2D eigenvalue weighted by atomic mass is 32.1. The number of amides is 1. The average Bonchev–Trinajstić information content (AvgIpc) is 3.04. The highest BCUT2D eigenvalue weighted by Crippen LogP contribution is 2.37. The molecule has 6 heteroatoms. The van der Waals surface area contributed by atoms with E-state index in [-0.39, 0.29) is 5.91 Å². The molecule has 0 saturated heterocycles. The molecule has 0 bridgehead atoms. The molecular weight excluding hydrogens is 260 g/mol. The minimum Gasteiger partial charge on any atom is -0.397 e. The molecule has 2 aromatic rings. The zero-order chi connectivity index (χ0) is 13.4. The van der Waals surface area contributed by atoms with Gasteiger partial charge < -0.3 is 15.6 Å². The predicted octanol–water partition coefficient (Wildman–Crippen LogP) is 2.10. The number of carbonyl (C=O) groups excluding carboxylic acids is 1. The lowest BCUT2D eigenvalue weighted by Crippen LogP contribution is -2.25. The summed E-state index contributed by atoms with van der Waals surface area (Å²) in [5.74, 6) is -0.0728. The highest BCUT2D eigenvalue weighted by Gasteiger charge is 2.27. The Morgan fingerprint density at radius 3 is 3.05 bits per heavy atom. The van der Waals surface area contributed by atoms with Crippen LogP contribution in [0.1, 0.15) is 39.9 Å². The first kappa shape index (κ1) is 12.2. The number of carbonyl (C=O) groups is 1. The van der Waals surface area contributed by atoms with Crippen LogP contribution >= 0.6 is 11.3 Å². The Bertz CT molecular complexity index is 612. The van der Waals surface area contributed by atoms with Gasteiger partial charge in [0.2, 0.25) is 0 Å². The van der Waals surface area contributed by atoms with Crippen LogP contribution in [0.25, 0.3) is 0 Å². The molecule has 2 heterocycles. The zero-order valence-electron chi connectivity index (χ0n) is 10.7. The van der Waals surface area contributed by atoms with E-state index in [1.807, 2.05) is 17.7 Å². The van der Waals surface area contributed by atoms with E-state index < -0.39 is 0 Å². The summed E-state index contributed by atoms with van der Waals surface area (Å²) in [7, 11) is 0. The lowest BCUT2D eigenvalue weighted by Gasteiger charge is -2.08. The van der Waals surface area contributed by atoms with Gasteiger partial charge in [0.15, 0.2) is 0 Å². The Morgan fingerprint density at radius 2 is 2.42 bits per heavy atom. The molecule has 2 aromatic heterocycles. The van der Waals surface area contributed by atoms with Crippen LogP contribution in [0.2, 0.25) is 0 Å². The molecule has 0 aliphatic heterocycles. The Hall–Kier alpha value is -1.82. The van der Waals surface area contributed by atoms with Gasteiger partial charge >= 0.3 is 0 Å². The van der Waals surface area contributed by atoms with E-state index in [9.17, 15) is 4.79 Å². The summed E-state index contributed by atoms with van der Waals surface area (Å²) in [6.45, 7) is 2.47. The molecular formula is C13H16N4OS. The van der Waals surface area contributed by atoms with Crippen molar-refractivity contribution in [2.45, 2.75) is 32.4 Å². The van der Waals surface area contributed by atoms with Crippen LogP contribution in [0.4, 0.5) is 5.69 Å². The molecule has 1 aliphatic rings. The van der Waals surface area contributed by atoms with Gasteiger partial charge in [0, 0.05) is 17.1 Å². The van der Waals surface area contributed by atoms with Crippen molar-refractivity contribution in [1.82, 2.24) is 14.9 Å². The summed E-state index contributed by atoms with van der Waals surface area (Å²) in [6, 6.07) is 2.19. The number of rotatable bonds is 4. The molecule has 0 radical (unpaired) electrons. The van der Waals surface area contributed by atoms with Gasteiger partial charge in [-0.1, -0.05) is 0 Å². The molecule has 1 fully saturated rings. The van der Waals surface area contributed by atoms with Crippen LogP contribution in [0, 0.1) is 6.92 Å². The molecule has 5 nitrogen and oxygen atoms in total. The van der Waals surface area contributed by atoms with Crippen molar-refractivity contribution in [3.63, 3.8) is 0 Å². The number of nitrogens with two attached hydrogens (primary N) is 1. The van der Waals surface area contributed by atoms with Gasteiger partial charge in [-0.05, 0) is 25.8 Å². The number of aromatic nitrogens is 2. The van der Waals surface area contributed by atoms with Crippen molar-refractivity contribution >= 4 is 22.9 Å². The first-order valence-electron chi connectivity index (χ1n) is 6.29. The third-order valence-corrected chi connectivity index (χ3v) is 4.23. The maximum atomic E-state index is 12.2. The second-order valence-corrected chi connectivity index (χ2v) is 5.78. The van der Waals surface area contributed by atoms with Gasteiger partial charge in [-0.15, -0.1) is 11.3 Å². The summed E-state index contributed by atoms with van der Waals surface area (Å²) >= 11 is 1.56. The van der Waals surface area contributed by atoms with Crippen LogP contribution in [0.3, 0.4) is 0 Å². The van der Waals surface area contributed by atoms with E-state index in [1.54, 1.807) is 22.9 Å². The number of anilines is 1. The molecule has 19 heavy (non-hydrogen) atoms. The lowest BCUT2D eigenvalue weighted by molar-refractivity contribution is 0.0942. The number of nitrogens with zero attached hydrogens (tertiary/aromatic N) is 2. The number of hydrogen-bond acceptors (Lipinski definition) is 4. The minimum atomic E-state index is -0.0728. The predicted molar refractivity (Wildman–Crippen MR) is 75.1 cm³/mol. The van der Waals surface area contributed by atoms with Gasteiger partial charge in [0.05, 0.1) is 23.4 Å². The summed E-state index contributed by atoms with van der Waals surface area (Å²) < 4.78 is 1.99. The van der Waals surface area contributed by atoms with E-state index in [1.165, 1.54) is 0 Å². The maximum absolute atomic E-state index is 12.2. The quantitative estimate of drug-likeness (QED) is 0.898. The Kier molecular flexibility index (Phi) is 3.02. The fourth-order valence-electron chi connectivity index (χ4n) is 2.08. The summed E-state index contributed by atoms with van der Waals surface area (Å²) in [5, 5.41) is 2.93. The van der Waals surface area contributed by atoms with Gasteiger partial charge in [0.25, 0.3) is 5.91 Å². The first-order valence-corrected chi connectivity index (χ1v) is 7.17. The van der Waals surface area contributed by atoms with Gasteiger partial charge in [-0.25, -0.2) is 4.98 Å². The third-order valence-electron chi connectivity index (χ3n) is 3.30. The molecule has 3 rings (SSSR count). The van der Waals surface area contributed by atoms with Crippen molar-refractivity contribution in [1.29, 1.82) is 0 Å². The zero-order valence-corrected chi connectivity index (χ0v) is 11.5. The molecule has 3 N–H and O–H groups in total. The number of hydrogen-bond donors (Lipinski definition) is 2. The molecule has 1 amide bonds. The molecule has 0 atom stereocenters. The smallest absolute Gasteiger partial charge is 0.268 e. The van der Waals surface area contributed by atoms with Gasteiger partial charge in [-0.3, -0.25) is 4.79 Å². The van der Waals surface area contributed by atoms with Crippen LogP contribution in [0.5, 0.6) is 0 Å². The van der Waals surface area contributed by atoms with Gasteiger partial charge in [0.1, 0.15) is 5.69 Å². The Balaban J connectivity index is 1.72. The van der Waals surface area contributed by atoms with Crippen LogP contribution in [0.15, 0.2) is 17.8 Å². The molecule has 0 spiro atoms. The van der Waals surface area contributed by atoms with E-state index >= 15 is 0 Å². The normalized spacial score (nSPS) is 14.6. The van der Waals surface area contributed by atoms with E-state index in [0.29, 0.717) is 24.0 Å². The standard InChI is InChI=1S/C13H16N4OS/c1-8-12(19-7-16-8)5-15-13(18)11-4-9(14)6-17(11)10-2-3-10/h4,6-7,10H,2-3,5,14H2,1H3,(H,15,18). The SMILES string of the molecule is Cc1ncsc1CNC(=O)c1cc(N)cn1C1CC1. The van der Waals surface area contributed by atoms with E-state index in [4.69, 9.17) is 5.73 Å². The first-order chi connectivity index (χ1) is 9.15.